The molecule has 0 radical (unpaired) electrons. The van der Waals surface area contributed by atoms with Crippen LogP contribution in [0.5, 0.6) is 0 Å². The van der Waals surface area contributed by atoms with Gasteiger partial charge in [0.2, 0.25) is 5.89 Å². The van der Waals surface area contributed by atoms with Crippen LogP contribution in [-0.2, 0) is 11.3 Å². The molecule has 156 valence electrons. The minimum Gasteiger partial charge on any atom is -0.444 e. The maximum Gasteiger partial charge on any atom is 0.408 e. The average molecular weight is 384 g/mol. The third-order valence-corrected chi connectivity index (χ3v) is 4.26. The molecule has 7 nitrogen and oxygen atoms in total. The number of nitrogens with zero attached hydrogens (tertiary/aromatic N) is 1. The van der Waals surface area contributed by atoms with Crippen molar-refractivity contribution in [1.29, 1.82) is 0 Å². The Hall–Kier alpha value is -1.60. The number of rotatable bonds is 10. The van der Waals surface area contributed by atoms with Crippen LogP contribution < -0.4 is 10.6 Å². The summed E-state index contributed by atoms with van der Waals surface area (Å²) in [7, 11) is 0. The van der Waals surface area contributed by atoms with E-state index in [1.54, 1.807) is 6.20 Å². The molecule has 0 unspecified atom stereocenters. The molecule has 3 N–H and O–H groups in total. The predicted molar refractivity (Wildman–Crippen MR) is 105 cm³/mol. The monoisotopic (exact) mass is 383 g/mol. The van der Waals surface area contributed by atoms with Gasteiger partial charge >= 0.3 is 6.09 Å². The van der Waals surface area contributed by atoms with Crippen molar-refractivity contribution < 1.29 is 19.1 Å². The Kier molecular flexibility index (Phi) is 9.26. The summed E-state index contributed by atoms with van der Waals surface area (Å²) < 4.78 is 11.2. The normalized spacial score (nSPS) is 15.4. The van der Waals surface area contributed by atoms with Crippen molar-refractivity contribution in [2.75, 3.05) is 6.61 Å². The highest BCUT2D eigenvalue weighted by Gasteiger charge is 2.27. The standard InChI is InChI=1S/C20H37N3O4/c1-8-14(4)17(23-19(25)27-20(5,6)7)18-22-11-16(26-18)10-21-15(12-24)9-13(2)3/h11,13-15,17,21,24H,8-10,12H2,1-7H3,(H,23,25)/t14-,15-,17-/m0/s1. The molecular weight excluding hydrogens is 346 g/mol. The van der Waals surface area contributed by atoms with Crippen molar-refractivity contribution in [2.45, 2.75) is 85.5 Å². The molecule has 0 fully saturated rings. The van der Waals surface area contributed by atoms with Crippen molar-refractivity contribution >= 4 is 6.09 Å². The van der Waals surface area contributed by atoms with Gasteiger partial charge in [-0.15, -0.1) is 0 Å². The zero-order valence-corrected chi connectivity index (χ0v) is 17.8. The Bertz CT molecular complexity index is 566. The SMILES string of the molecule is CC[C@H](C)[C@H](NC(=O)OC(C)(C)C)c1ncc(CN[C@H](CO)CC(C)C)o1. The molecule has 0 saturated heterocycles. The molecule has 1 aromatic heterocycles. The highest BCUT2D eigenvalue weighted by atomic mass is 16.6. The van der Waals surface area contributed by atoms with Crippen molar-refractivity contribution in [3.05, 3.63) is 17.8 Å². The van der Waals surface area contributed by atoms with Gasteiger partial charge < -0.3 is 24.9 Å². The van der Waals surface area contributed by atoms with Gasteiger partial charge in [-0.2, -0.15) is 0 Å². The summed E-state index contributed by atoms with van der Waals surface area (Å²) in [5.74, 6) is 1.78. The third kappa shape index (κ3) is 8.75. The second kappa shape index (κ2) is 10.7. The Morgan fingerprint density at radius 1 is 1.33 bits per heavy atom. The van der Waals surface area contributed by atoms with E-state index in [2.05, 4.69) is 36.4 Å². The zero-order chi connectivity index (χ0) is 20.6. The number of nitrogens with one attached hydrogen (secondary N) is 2. The quantitative estimate of drug-likeness (QED) is 0.569. The van der Waals surface area contributed by atoms with Gasteiger partial charge in [0.1, 0.15) is 17.4 Å². The number of hydrogen-bond donors (Lipinski definition) is 3. The number of aromatic nitrogens is 1. The van der Waals surface area contributed by atoms with E-state index >= 15 is 0 Å². The molecule has 0 aliphatic heterocycles. The van der Waals surface area contributed by atoms with Crippen LogP contribution in [-0.4, -0.2) is 34.4 Å². The summed E-state index contributed by atoms with van der Waals surface area (Å²) in [6.45, 7) is 14.4. The molecule has 0 aromatic carbocycles. The zero-order valence-electron chi connectivity index (χ0n) is 17.8. The first-order valence-corrected chi connectivity index (χ1v) is 9.84. The fourth-order valence-electron chi connectivity index (χ4n) is 2.70. The Balaban J connectivity index is 2.77. The maximum atomic E-state index is 12.2. The molecule has 0 saturated carbocycles. The maximum absolute atomic E-state index is 12.2. The van der Waals surface area contributed by atoms with Gasteiger partial charge in [0.05, 0.1) is 19.3 Å². The van der Waals surface area contributed by atoms with Crippen LogP contribution in [0.2, 0.25) is 0 Å². The van der Waals surface area contributed by atoms with Crippen molar-refractivity contribution in [1.82, 2.24) is 15.6 Å². The molecule has 1 amide bonds. The first kappa shape index (κ1) is 23.4. The van der Waals surface area contributed by atoms with Gasteiger partial charge in [0.15, 0.2) is 0 Å². The smallest absolute Gasteiger partial charge is 0.408 e. The average Bonchev–Trinajstić information content (AvgIpc) is 3.02. The number of ether oxygens (including phenoxy) is 1. The fraction of sp³-hybridized carbons (Fsp3) is 0.800. The molecule has 7 heteroatoms. The number of carbonyl (C=O) groups is 1. The van der Waals surface area contributed by atoms with Crippen LogP contribution >= 0.6 is 0 Å². The lowest BCUT2D eigenvalue weighted by Crippen LogP contribution is -2.37. The molecule has 27 heavy (non-hydrogen) atoms. The minimum atomic E-state index is -0.564. The molecule has 0 spiro atoms. The first-order chi connectivity index (χ1) is 12.6. The van der Waals surface area contributed by atoms with Crippen LogP contribution in [0.25, 0.3) is 0 Å². The number of aliphatic hydroxyl groups excluding tert-OH is 1. The molecule has 1 rings (SSSR count). The highest BCUT2D eigenvalue weighted by molar-refractivity contribution is 5.68. The summed E-state index contributed by atoms with van der Waals surface area (Å²) in [5, 5.41) is 15.6. The Morgan fingerprint density at radius 3 is 2.52 bits per heavy atom. The minimum absolute atomic E-state index is 0.0174. The number of alkyl carbamates (subject to hydrolysis) is 1. The summed E-state index contributed by atoms with van der Waals surface area (Å²) in [4.78, 5) is 16.5. The lowest BCUT2D eigenvalue weighted by molar-refractivity contribution is 0.0474. The largest absolute Gasteiger partial charge is 0.444 e. The first-order valence-electron chi connectivity index (χ1n) is 9.84. The summed E-state index contributed by atoms with van der Waals surface area (Å²) in [5.41, 5.74) is -0.564. The van der Waals surface area contributed by atoms with E-state index in [0.29, 0.717) is 24.1 Å². The van der Waals surface area contributed by atoms with Crippen LogP contribution in [0.1, 0.15) is 79.0 Å². The number of amides is 1. The van der Waals surface area contributed by atoms with E-state index in [1.807, 2.05) is 27.7 Å². The number of aliphatic hydroxyl groups is 1. The molecule has 3 atom stereocenters. The topological polar surface area (TPSA) is 96.6 Å². The van der Waals surface area contributed by atoms with Gasteiger partial charge in [-0.05, 0) is 39.0 Å². The van der Waals surface area contributed by atoms with E-state index in [9.17, 15) is 9.90 Å². The summed E-state index contributed by atoms with van der Waals surface area (Å²) in [6.07, 6.45) is 2.92. The number of carbonyl (C=O) groups excluding carboxylic acids is 1. The van der Waals surface area contributed by atoms with Crippen molar-refractivity contribution in [3.63, 3.8) is 0 Å². The summed E-state index contributed by atoms with van der Waals surface area (Å²) >= 11 is 0. The van der Waals surface area contributed by atoms with Crippen LogP contribution in [0.3, 0.4) is 0 Å². The number of oxazole rings is 1. The van der Waals surface area contributed by atoms with Crippen LogP contribution in [0.15, 0.2) is 10.6 Å². The van der Waals surface area contributed by atoms with E-state index in [0.717, 1.165) is 12.8 Å². The highest BCUT2D eigenvalue weighted by Crippen LogP contribution is 2.25. The number of hydrogen-bond acceptors (Lipinski definition) is 6. The molecule has 0 bridgehead atoms. The fourth-order valence-corrected chi connectivity index (χ4v) is 2.70. The van der Waals surface area contributed by atoms with Gasteiger partial charge in [0.25, 0.3) is 0 Å². The molecule has 0 aliphatic rings. The second-order valence-corrected chi connectivity index (χ2v) is 8.56. The van der Waals surface area contributed by atoms with Gasteiger partial charge in [0, 0.05) is 6.04 Å². The van der Waals surface area contributed by atoms with Crippen molar-refractivity contribution in [2.24, 2.45) is 11.8 Å². The molecule has 0 aliphatic carbocycles. The second-order valence-electron chi connectivity index (χ2n) is 8.56. The summed E-state index contributed by atoms with van der Waals surface area (Å²) in [6, 6.07) is -0.341. The van der Waals surface area contributed by atoms with Crippen LogP contribution in [0, 0.1) is 11.8 Å². The van der Waals surface area contributed by atoms with Crippen LogP contribution in [0.4, 0.5) is 4.79 Å². The van der Waals surface area contributed by atoms with E-state index in [4.69, 9.17) is 9.15 Å². The lowest BCUT2D eigenvalue weighted by Gasteiger charge is -2.25. The third-order valence-electron chi connectivity index (χ3n) is 4.26. The Morgan fingerprint density at radius 2 is 2.00 bits per heavy atom. The predicted octanol–water partition coefficient (Wildman–Crippen LogP) is 3.78. The van der Waals surface area contributed by atoms with Crippen molar-refractivity contribution in [3.8, 4) is 0 Å². The van der Waals surface area contributed by atoms with Gasteiger partial charge in [-0.25, -0.2) is 9.78 Å². The van der Waals surface area contributed by atoms with Gasteiger partial charge in [-0.1, -0.05) is 34.1 Å². The molecule has 1 heterocycles. The molecule has 1 aromatic rings. The molecular formula is C20H37N3O4. The van der Waals surface area contributed by atoms with E-state index in [1.165, 1.54) is 0 Å². The lowest BCUT2D eigenvalue weighted by atomic mass is 9.99. The van der Waals surface area contributed by atoms with E-state index in [-0.39, 0.29) is 24.6 Å². The van der Waals surface area contributed by atoms with Gasteiger partial charge in [-0.3, -0.25) is 0 Å². The Labute approximate surface area is 163 Å². The van der Waals surface area contributed by atoms with E-state index < -0.39 is 11.7 Å².